The van der Waals surface area contributed by atoms with E-state index >= 15 is 0 Å². The van der Waals surface area contributed by atoms with E-state index in [1.54, 1.807) is 19.2 Å². The fourth-order valence-electron chi connectivity index (χ4n) is 3.48. The van der Waals surface area contributed by atoms with Crippen LogP contribution in [-0.4, -0.2) is 43.6 Å². The van der Waals surface area contributed by atoms with E-state index in [1.807, 2.05) is 46.6 Å². The van der Waals surface area contributed by atoms with Gasteiger partial charge < -0.3 is 9.88 Å². The molecule has 2 aromatic heterocycles. The van der Waals surface area contributed by atoms with Crippen LogP contribution in [0, 0.1) is 0 Å². The molecule has 1 N–H and O–H groups in total. The molecule has 7 heteroatoms. The molecule has 0 saturated heterocycles. The predicted octanol–water partition coefficient (Wildman–Crippen LogP) is 3.59. The van der Waals surface area contributed by atoms with Crippen LogP contribution in [0.5, 0.6) is 0 Å². The van der Waals surface area contributed by atoms with Gasteiger partial charge in [-0.3, -0.25) is 14.3 Å². The molecule has 0 unspecified atom stereocenters. The average Bonchev–Trinajstić information content (AvgIpc) is 3.03. The lowest BCUT2D eigenvalue weighted by molar-refractivity contribution is -0.129. The molecule has 3 heterocycles. The lowest BCUT2D eigenvalue weighted by atomic mass is 9.97. The van der Waals surface area contributed by atoms with Gasteiger partial charge in [-0.2, -0.15) is 16.9 Å². The summed E-state index contributed by atoms with van der Waals surface area (Å²) < 4.78 is 1.91. The maximum atomic E-state index is 11.8. The van der Waals surface area contributed by atoms with Crippen molar-refractivity contribution in [2.45, 2.75) is 39.0 Å². The summed E-state index contributed by atoms with van der Waals surface area (Å²) in [4.78, 5) is 27.9. The molecule has 1 aliphatic rings. The van der Waals surface area contributed by atoms with E-state index in [0.29, 0.717) is 6.54 Å². The number of carbonyl (C=O) groups is 1. The number of hydrogen-bond donors (Lipinski definition) is 1. The van der Waals surface area contributed by atoms with Gasteiger partial charge in [0, 0.05) is 68.0 Å². The zero-order valence-corrected chi connectivity index (χ0v) is 18.5. The number of aromatic amines is 1. The number of benzene rings is 1. The van der Waals surface area contributed by atoms with Gasteiger partial charge in [-0.1, -0.05) is 32.0 Å². The van der Waals surface area contributed by atoms with E-state index in [2.05, 4.69) is 25.1 Å². The second kappa shape index (κ2) is 8.86. The lowest BCUT2D eigenvalue weighted by Gasteiger charge is -2.26. The van der Waals surface area contributed by atoms with Crippen molar-refractivity contribution in [2.24, 2.45) is 7.05 Å². The summed E-state index contributed by atoms with van der Waals surface area (Å²) in [5.74, 6) is 0.0812. The summed E-state index contributed by atoms with van der Waals surface area (Å²) in [7, 11) is 1.94. The SMILES string of the molecule is CC(=O)N1CCc2c(c(-c3cccc4cc(=O)[nH]cc34)nn2C)C1.CSC(C)C. The van der Waals surface area contributed by atoms with Crippen LogP contribution in [0.1, 0.15) is 32.0 Å². The Morgan fingerprint density at radius 2 is 2.03 bits per heavy atom. The van der Waals surface area contributed by atoms with Crippen molar-refractivity contribution in [2.75, 3.05) is 12.8 Å². The standard InChI is InChI=1S/C18H18N4O2.C4H10S/c1-11(23)22-7-6-16-15(10-22)18(20-21(16)2)13-5-3-4-12-8-17(24)19-9-14(12)13;1-4(2)5-3/h3-5,8-9H,6-7,10H2,1-2H3,(H,19,24);4H,1-3H3. The summed E-state index contributed by atoms with van der Waals surface area (Å²) in [6, 6.07) is 7.46. The Labute approximate surface area is 175 Å². The molecule has 1 amide bonds. The molecule has 0 aliphatic carbocycles. The van der Waals surface area contributed by atoms with Crippen molar-refractivity contribution in [3.05, 3.63) is 52.1 Å². The molecular weight excluding hydrogens is 384 g/mol. The number of amides is 1. The maximum absolute atomic E-state index is 11.8. The Hall–Kier alpha value is -2.54. The number of pyridine rings is 1. The van der Waals surface area contributed by atoms with Crippen LogP contribution in [0.25, 0.3) is 22.0 Å². The van der Waals surface area contributed by atoms with Crippen molar-refractivity contribution in [1.29, 1.82) is 0 Å². The van der Waals surface area contributed by atoms with Gasteiger partial charge in [-0.25, -0.2) is 0 Å². The first-order valence-corrected chi connectivity index (χ1v) is 11.1. The van der Waals surface area contributed by atoms with Gasteiger partial charge in [-0.05, 0) is 16.9 Å². The van der Waals surface area contributed by atoms with E-state index in [9.17, 15) is 9.59 Å². The number of nitrogens with one attached hydrogen (secondary N) is 1. The van der Waals surface area contributed by atoms with E-state index < -0.39 is 0 Å². The second-order valence-electron chi connectivity index (χ2n) is 7.48. The van der Waals surface area contributed by atoms with E-state index in [4.69, 9.17) is 5.10 Å². The van der Waals surface area contributed by atoms with Gasteiger partial charge in [-0.15, -0.1) is 0 Å². The van der Waals surface area contributed by atoms with Gasteiger partial charge >= 0.3 is 0 Å². The second-order valence-corrected chi connectivity index (χ2v) is 8.89. The summed E-state index contributed by atoms with van der Waals surface area (Å²) >= 11 is 1.88. The molecule has 0 saturated carbocycles. The number of hydrogen-bond acceptors (Lipinski definition) is 4. The van der Waals surface area contributed by atoms with E-state index in [1.165, 1.54) is 5.69 Å². The van der Waals surface area contributed by atoms with Crippen LogP contribution in [0.2, 0.25) is 0 Å². The van der Waals surface area contributed by atoms with Gasteiger partial charge in [0.25, 0.3) is 0 Å². The summed E-state index contributed by atoms with van der Waals surface area (Å²) in [5, 5.41) is 7.36. The summed E-state index contributed by atoms with van der Waals surface area (Å²) in [6.45, 7) is 7.27. The third-order valence-electron chi connectivity index (χ3n) is 5.20. The Bertz CT molecular complexity index is 1080. The fourth-order valence-corrected chi connectivity index (χ4v) is 3.48. The van der Waals surface area contributed by atoms with Crippen molar-refractivity contribution in [3.8, 4) is 11.3 Å². The molecule has 0 atom stereocenters. The number of rotatable bonds is 2. The van der Waals surface area contributed by atoms with Crippen molar-refractivity contribution in [1.82, 2.24) is 19.7 Å². The Balaban J connectivity index is 0.000000431. The Kier molecular flexibility index (Phi) is 6.47. The van der Waals surface area contributed by atoms with Gasteiger partial charge in [0.05, 0.1) is 5.69 Å². The first-order chi connectivity index (χ1) is 13.8. The molecular formula is C22H28N4O2S. The minimum atomic E-state index is -0.120. The zero-order valence-electron chi connectivity index (χ0n) is 17.7. The van der Waals surface area contributed by atoms with Crippen LogP contribution in [0.15, 0.2) is 35.3 Å². The van der Waals surface area contributed by atoms with Gasteiger partial charge in [0.15, 0.2) is 0 Å². The molecule has 4 rings (SSSR count). The first kappa shape index (κ1) is 21.2. The van der Waals surface area contributed by atoms with Crippen LogP contribution in [0.3, 0.4) is 0 Å². The molecule has 0 bridgehead atoms. The summed E-state index contributed by atoms with van der Waals surface area (Å²) in [6.07, 6.45) is 4.66. The molecule has 29 heavy (non-hydrogen) atoms. The quantitative estimate of drug-likeness (QED) is 0.698. The minimum absolute atomic E-state index is 0.0812. The molecule has 1 aliphatic heterocycles. The van der Waals surface area contributed by atoms with Gasteiger partial charge in [0.2, 0.25) is 11.5 Å². The van der Waals surface area contributed by atoms with Crippen LogP contribution >= 0.6 is 11.8 Å². The zero-order chi connectivity index (χ0) is 21.1. The van der Waals surface area contributed by atoms with Crippen molar-refractivity contribution < 1.29 is 4.79 Å². The van der Waals surface area contributed by atoms with Crippen LogP contribution in [-0.2, 0) is 24.8 Å². The molecule has 1 aromatic carbocycles. The fraction of sp³-hybridized carbons (Fsp3) is 0.409. The number of fused-ring (bicyclic) bond motifs is 2. The van der Waals surface area contributed by atoms with E-state index in [-0.39, 0.29) is 11.5 Å². The number of thioether (sulfide) groups is 1. The monoisotopic (exact) mass is 412 g/mol. The summed E-state index contributed by atoms with van der Waals surface area (Å²) in [5.41, 5.74) is 4.01. The largest absolute Gasteiger partial charge is 0.338 e. The third kappa shape index (κ3) is 4.56. The smallest absolute Gasteiger partial charge is 0.248 e. The lowest BCUT2D eigenvalue weighted by Crippen LogP contribution is -2.34. The maximum Gasteiger partial charge on any atom is 0.248 e. The predicted molar refractivity (Wildman–Crippen MR) is 120 cm³/mol. The molecule has 154 valence electrons. The highest BCUT2D eigenvalue weighted by atomic mass is 32.2. The van der Waals surface area contributed by atoms with Gasteiger partial charge in [0.1, 0.15) is 0 Å². The van der Waals surface area contributed by atoms with Crippen LogP contribution < -0.4 is 5.56 Å². The van der Waals surface area contributed by atoms with Crippen molar-refractivity contribution in [3.63, 3.8) is 0 Å². The molecule has 0 radical (unpaired) electrons. The van der Waals surface area contributed by atoms with Crippen LogP contribution in [0.4, 0.5) is 0 Å². The van der Waals surface area contributed by atoms with Crippen molar-refractivity contribution >= 4 is 28.4 Å². The minimum Gasteiger partial charge on any atom is -0.338 e. The Morgan fingerprint density at radius 3 is 2.69 bits per heavy atom. The first-order valence-electron chi connectivity index (χ1n) is 9.76. The number of aromatic nitrogens is 3. The number of carbonyl (C=O) groups excluding carboxylic acids is 1. The number of aryl methyl sites for hydroxylation is 1. The molecule has 6 nitrogen and oxygen atoms in total. The third-order valence-corrected chi connectivity index (χ3v) is 6.14. The van der Waals surface area contributed by atoms with E-state index in [0.717, 1.165) is 45.8 Å². The highest BCUT2D eigenvalue weighted by Gasteiger charge is 2.26. The highest BCUT2D eigenvalue weighted by molar-refractivity contribution is 7.99. The highest BCUT2D eigenvalue weighted by Crippen LogP contribution is 2.33. The molecule has 0 fully saturated rings. The average molecular weight is 413 g/mol. The topological polar surface area (TPSA) is 71.0 Å². The number of nitrogens with zero attached hydrogens (tertiary/aromatic N) is 3. The Morgan fingerprint density at radius 1 is 1.31 bits per heavy atom. The molecule has 3 aromatic rings. The normalized spacial score (nSPS) is 13.2. The molecule has 0 spiro atoms. The number of H-pyrrole nitrogens is 1.